The maximum absolute atomic E-state index is 13.7. The van der Waals surface area contributed by atoms with Crippen molar-refractivity contribution >= 4 is 51.4 Å². The number of methoxy groups -OCH3 is 2. The highest BCUT2D eigenvalue weighted by Crippen LogP contribution is 2.41. The van der Waals surface area contributed by atoms with Gasteiger partial charge in [0.1, 0.15) is 17.0 Å². The summed E-state index contributed by atoms with van der Waals surface area (Å²) in [5.41, 5.74) is -2.04. The number of amides is 2. The molecule has 2 heterocycles. The number of aromatic hydroxyl groups is 1. The summed E-state index contributed by atoms with van der Waals surface area (Å²) in [5.74, 6) is -3.00. The van der Waals surface area contributed by atoms with Gasteiger partial charge in [-0.05, 0) is 53.9 Å². The van der Waals surface area contributed by atoms with E-state index < -0.39 is 41.0 Å². The molecular weight excluding hydrogens is 685 g/mol. The van der Waals surface area contributed by atoms with E-state index in [1.54, 1.807) is 30.3 Å². The summed E-state index contributed by atoms with van der Waals surface area (Å²) in [7, 11) is 2.56. The second-order valence-corrected chi connectivity index (χ2v) is 10.7. The molecule has 52 heavy (non-hydrogen) atoms. The Morgan fingerprint density at radius 1 is 0.827 bits per heavy atom. The maximum atomic E-state index is 13.7. The zero-order valence-electron chi connectivity index (χ0n) is 27.0. The highest BCUT2D eigenvalue weighted by Gasteiger charge is 2.33. The lowest BCUT2D eigenvalue weighted by Crippen LogP contribution is -2.16. The van der Waals surface area contributed by atoms with E-state index in [2.05, 4.69) is 35.9 Å². The largest absolute Gasteiger partial charge is 0.505 e. The number of carbonyl (C=O) groups excluding carboxylic acids is 3. The summed E-state index contributed by atoms with van der Waals surface area (Å²) >= 11 is 0. The number of nitrogens with one attached hydrogen (secondary N) is 2. The van der Waals surface area contributed by atoms with Crippen molar-refractivity contribution in [1.29, 1.82) is 0 Å². The number of para-hydroxylation sites is 3. The Morgan fingerprint density at radius 2 is 1.52 bits per heavy atom. The highest BCUT2D eigenvalue weighted by molar-refractivity contribution is 6.14. The minimum absolute atomic E-state index is 0.0216. The molecule has 0 bridgehead atoms. The fraction of sp³-hybridized carbons (Fsp3) is 0.0857. The van der Waals surface area contributed by atoms with Crippen molar-refractivity contribution in [3.63, 3.8) is 0 Å². The number of azo groups is 1. The number of alkyl halides is 3. The average Bonchev–Trinajstić information content (AvgIpc) is 3.58. The van der Waals surface area contributed by atoms with Crippen LogP contribution in [0.5, 0.6) is 11.5 Å². The maximum Gasteiger partial charge on any atom is 0.418 e. The molecule has 14 nitrogen and oxygen atoms in total. The van der Waals surface area contributed by atoms with E-state index in [1.165, 1.54) is 55.9 Å². The Balaban J connectivity index is 1.48. The van der Waals surface area contributed by atoms with Gasteiger partial charge in [-0.15, -0.1) is 10.2 Å². The van der Waals surface area contributed by atoms with Gasteiger partial charge in [-0.1, -0.05) is 30.3 Å². The van der Waals surface area contributed by atoms with Crippen molar-refractivity contribution in [3.05, 3.63) is 120 Å². The standard InChI is InChI=1S/C35H25F3N8O6/c1-51-27-11-6-5-10-26(27)43-32(49)22-17-20-16-19(31(48)42-25-9-4-3-8-24(25)35(36,37)38)12-13-21(20)28(29(22)47)44-45-30-23(33(50)52-2)18-41-46(30)34-39-14-7-15-40-34/h3-18,47H,1-2H3,(H,42,48)(H,43,49). The molecule has 0 aliphatic heterocycles. The molecule has 0 saturated carbocycles. The molecule has 0 aliphatic rings. The molecule has 3 N–H and O–H groups in total. The number of rotatable bonds is 9. The number of phenolic OH excluding ortho intramolecular Hbond substituents is 1. The molecule has 2 amide bonds. The number of anilines is 2. The fourth-order valence-electron chi connectivity index (χ4n) is 5.10. The zero-order valence-corrected chi connectivity index (χ0v) is 27.0. The molecule has 0 radical (unpaired) electrons. The number of benzene rings is 4. The van der Waals surface area contributed by atoms with Crippen LogP contribution >= 0.6 is 0 Å². The number of aromatic nitrogens is 4. The van der Waals surface area contributed by atoms with Gasteiger partial charge in [-0.25, -0.2) is 14.8 Å². The SMILES string of the molecule is COC(=O)c1cnn(-c2ncccn2)c1N=Nc1c(O)c(C(=O)Nc2ccccc2OC)cc2cc(C(=O)Nc3ccccc3C(F)(F)F)ccc12. The minimum Gasteiger partial charge on any atom is -0.505 e. The Bertz CT molecular complexity index is 2360. The second kappa shape index (κ2) is 14.4. The lowest BCUT2D eigenvalue weighted by molar-refractivity contribution is -0.136. The van der Waals surface area contributed by atoms with Crippen LogP contribution in [-0.2, 0) is 10.9 Å². The molecule has 2 aromatic heterocycles. The number of fused-ring (bicyclic) bond motifs is 1. The Labute approximate surface area is 291 Å². The zero-order chi connectivity index (χ0) is 37.0. The molecule has 0 fully saturated rings. The first-order valence-electron chi connectivity index (χ1n) is 15.1. The van der Waals surface area contributed by atoms with Gasteiger partial charge >= 0.3 is 12.1 Å². The van der Waals surface area contributed by atoms with E-state index in [0.29, 0.717) is 5.75 Å². The Kier molecular flexibility index (Phi) is 9.58. The molecule has 6 aromatic rings. The molecule has 0 unspecified atom stereocenters. The number of ether oxygens (including phenoxy) is 2. The summed E-state index contributed by atoms with van der Waals surface area (Å²) in [5, 5.41) is 29.3. The Hall–Kier alpha value is -7.17. The molecular formula is C35H25F3N8O6. The number of hydrogen-bond donors (Lipinski definition) is 3. The quantitative estimate of drug-likeness (QED) is 0.103. The monoisotopic (exact) mass is 710 g/mol. The van der Waals surface area contributed by atoms with Gasteiger partial charge in [0.2, 0.25) is 0 Å². The van der Waals surface area contributed by atoms with Gasteiger partial charge in [0, 0.05) is 23.3 Å². The second-order valence-electron chi connectivity index (χ2n) is 10.7. The van der Waals surface area contributed by atoms with E-state index in [4.69, 9.17) is 9.47 Å². The van der Waals surface area contributed by atoms with Crippen LogP contribution in [0.1, 0.15) is 36.6 Å². The van der Waals surface area contributed by atoms with Gasteiger partial charge in [-0.2, -0.15) is 23.0 Å². The summed E-state index contributed by atoms with van der Waals surface area (Å²) in [4.78, 5) is 47.8. The number of hydrogen-bond acceptors (Lipinski definition) is 11. The number of phenols is 1. The van der Waals surface area contributed by atoms with Crippen LogP contribution in [0.4, 0.5) is 36.1 Å². The first-order chi connectivity index (χ1) is 25.0. The third-order valence-electron chi connectivity index (χ3n) is 7.56. The fourth-order valence-corrected chi connectivity index (χ4v) is 5.10. The predicted octanol–water partition coefficient (Wildman–Crippen LogP) is 7.26. The van der Waals surface area contributed by atoms with Crippen LogP contribution in [-0.4, -0.2) is 56.9 Å². The van der Waals surface area contributed by atoms with Crippen LogP contribution in [0.3, 0.4) is 0 Å². The van der Waals surface area contributed by atoms with Gasteiger partial charge in [-0.3, -0.25) is 9.59 Å². The van der Waals surface area contributed by atoms with Crippen LogP contribution in [0.25, 0.3) is 16.7 Å². The summed E-state index contributed by atoms with van der Waals surface area (Å²) < 4.78 is 52.1. The van der Waals surface area contributed by atoms with E-state index in [-0.39, 0.29) is 50.6 Å². The number of nitrogens with zero attached hydrogens (tertiary/aromatic N) is 6. The van der Waals surface area contributed by atoms with E-state index in [0.717, 1.165) is 30.1 Å². The third kappa shape index (κ3) is 6.95. The Morgan fingerprint density at radius 3 is 2.23 bits per heavy atom. The molecule has 0 spiro atoms. The number of halogens is 3. The highest BCUT2D eigenvalue weighted by atomic mass is 19.4. The first-order valence-corrected chi connectivity index (χ1v) is 15.1. The van der Waals surface area contributed by atoms with Gasteiger partial charge in [0.05, 0.1) is 42.9 Å². The van der Waals surface area contributed by atoms with Crippen LogP contribution in [0.15, 0.2) is 108 Å². The topological polar surface area (TPSA) is 182 Å². The van der Waals surface area contributed by atoms with Crippen molar-refractivity contribution in [2.75, 3.05) is 24.9 Å². The van der Waals surface area contributed by atoms with E-state index in [1.807, 2.05) is 0 Å². The molecule has 4 aromatic carbocycles. The smallest absolute Gasteiger partial charge is 0.418 e. The predicted molar refractivity (Wildman–Crippen MR) is 181 cm³/mol. The molecule has 0 aliphatic carbocycles. The van der Waals surface area contributed by atoms with Crippen LogP contribution in [0, 0.1) is 0 Å². The summed E-state index contributed by atoms with van der Waals surface area (Å²) in [6.45, 7) is 0. The summed E-state index contributed by atoms with van der Waals surface area (Å²) in [6.07, 6.45) is -0.708. The minimum atomic E-state index is -4.73. The van der Waals surface area contributed by atoms with Crippen molar-refractivity contribution < 1.29 is 42.1 Å². The van der Waals surface area contributed by atoms with Crippen molar-refractivity contribution in [3.8, 4) is 17.4 Å². The van der Waals surface area contributed by atoms with Crippen LogP contribution < -0.4 is 15.4 Å². The summed E-state index contributed by atoms with van der Waals surface area (Å²) in [6, 6.07) is 17.8. The lowest BCUT2D eigenvalue weighted by Gasteiger charge is -2.15. The molecule has 262 valence electrons. The molecule has 17 heteroatoms. The molecule has 6 rings (SSSR count). The normalized spacial score (nSPS) is 11.4. The number of esters is 1. The van der Waals surface area contributed by atoms with Crippen molar-refractivity contribution in [2.24, 2.45) is 10.2 Å². The van der Waals surface area contributed by atoms with Crippen LogP contribution in [0.2, 0.25) is 0 Å². The van der Waals surface area contributed by atoms with Gasteiger partial charge in [0.15, 0.2) is 11.6 Å². The van der Waals surface area contributed by atoms with Crippen molar-refractivity contribution in [2.45, 2.75) is 6.18 Å². The van der Waals surface area contributed by atoms with E-state index >= 15 is 0 Å². The third-order valence-corrected chi connectivity index (χ3v) is 7.56. The van der Waals surface area contributed by atoms with Crippen molar-refractivity contribution in [1.82, 2.24) is 19.7 Å². The molecule has 0 saturated heterocycles. The van der Waals surface area contributed by atoms with Gasteiger partial charge in [0.25, 0.3) is 17.8 Å². The first kappa shape index (κ1) is 34.7. The molecule has 0 atom stereocenters. The number of carbonyl (C=O) groups is 3. The average molecular weight is 711 g/mol. The van der Waals surface area contributed by atoms with Gasteiger partial charge < -0.3 is 25.2 Å². The van der Waals surface area contributed by atoms with E-state index in [9.17, 15) is 32.7 Å². The lowest BCUT2D eigenvalue weighted by atomic mass is 10.00.